The number of carboxylic acid groups (broad SMARTS) is 1. The van der Waals surface area contributed by atoms with Crippen molar-refractivity contribution in [3.8, 4) is 17.0 Å². The van der Waals surface area contributed by atoms with Gasteiger partial charge in [0.2, 0.25) is 0 Å². The molecule has 0 amide bonds. The first kappa shape index (κ1) is 28.7. The molecule has 0 unspecified atom stereocenters. The highest BCUT2D eigenvalue weighted by molar-refractivity contribution is 6.39. The zero-order valence-electron chi connectivity index (χ0n) is 21.9. The molecule has 13 heteroatoms. The SMILES string of the molecule is Cc1nc(N2CC(O)(c3ccc(OCc4c(-c5c(Cl)cc(F)cc5Cl)noc4C4CC4)cc3Cl)C2)c(F)cc1C(=O)O. The summed E-state index contributed by atoms with van der Waals surface area (Å²) in [6.45, 7) is 1.51. The summed E-state index contributed by atoms with van der Waals surface area (Å²) in [6.07, 6.45) is 1.87. The summed E-state index contributed by atoms with van der Waals surface area (Å²) in [5.41, 5.74) is 0.320. The summed E-state index contributed by atoms with van der Waals surface area (Å²) < 4.78 is 40.1. The number of rotatable bonds is 8. The fraction of sp³-hybridized carbons (Fsp3) is 0.276. The Kier molecular flexibility index (Phi) is 7.29. The van der Waals surface area contributed by atoms with Crippen molar-refractivity contribution in [3.63, 3.8) is 0 Å². The number of pyridine rings is 1. The molecular weight excluding hydrogens is 615 g/mol. The van der Waals surface area contributed by atoms with E-state index in [0.29, 0.717) is 33.9 Å². The van der Waals surface area contributed by atoms with Crippen molar-refractivity contribution in [1.29, 1.82) is 0 Å². The van der Waals surface area contributed by atoms with Gasteiger partial charge >= 0.3 is 5.97 Å². The maximum absolute atomic E-state index is 14.6. The third-order valence-corrected chi connectivity index (χ3v) is 8.33. The molecule has 2 aliphatic rings. The quantitative estimate of drug-likeness (QED) is 0.210. The molecule has 1 aliphatic heterocycles. The first-order valence-corrected chi connectivity index (χ1v) is 14.0. The molecule has 0 atom stereocenters. The Hall–Kier alpha value is -3.44. The first-order chi connectivity index (χ1) is 19.9. The Labute approximate surface area is 253 Å². The van der Waals surface area contributed by atoms with Crippen molar-refractivity contribution in [2.24, 2.45) is 0 Å². The van der Waals surface area contributed by atoms with E-state index in [9.17, 15) is 23.8 Å². The van der Waals surface area contributed by atoms with Crippen molar-refractivity contribution in [3.05, 3.63) is 91.2 Å². The fourth-order valence-electron chi connectivity index (χ4n) is 5.12. The molecule has 218 valence electrons. The van der Waals surface area contributed by atoms with Gasteiger partial charge < -0.3 is 24.4 Å². The lowest BCUT2D eigenvalue weighted by molar-refractivity contribution is 0.00668. The molecule has 0 bridgehead atoms. The van der Waals surface area contributed by atoms with E-state index in [1.165, 1.54) is 11.8 Å². The van der Waals surface area contributed by atoms with Gasteiger partial charge in [0, 0.05) is 17.0 Å². The summed E-state index contributed by atoms with van der Waals surface area (Å²) in [6, 6.07) is 8.06. The maximum atomic E-state index is 14.6. The minimum atomic E-state index is -1.39. The zero-order valence-corrected chi connectivity index (χ0v) is 24.2. The summed E-state index contributed by atoms with van der Waals surface area (Å²) in [4.78, 5) is 16.9. The lowest BCUT2D eigenvalue weighted by Crippen LogP contribution is -2.60. The fourth-order valence-corrected chi connectivity index (χ4v) is 6.11. The molecule has 4 aromatic rings. The van der Waals surface area contributed by atoms with Crippen molar-refractivity contribution in [2.75, 3.05) is 18.0 Å². The number of benzene rings is 2. The highest BCUT2D eigenvalue weighted by Crippen LogP contribution is 2.46. The molecule has 0 spiro atoms. The summed E-state index contributed by atoms with van der Waals surface area (Å²) >= 11 is 19.2. The van der Waals surface area contributed by atoms with Crippen LogP contribution in [0.15, 0.2) is 40.9 Å². The standard InChI is InChI=1S/C29H22Cl3F2N3O5/c1-13-17(28(38)39)9-23(34)27(35-13)37-11-29(40,12-37)19-5-4-16(8-20(19)30)41-10-18-25(36-42-26(18)14-2-3-14)24-21(31)6-15(33)7-22(24)32/h4-9,14,40H,2-3,10-12H2,1H3,(H,38,39). The molecule has 3 heterocycles. The second-order valence-electron chi connectivity index (χ2n) is 10.4. The third-order valence-electron chi connectivity index (χ3n) is 7.42. The molecule has 0 radical (unpaired) electrons. The highest BCUT2D eigenvalue weighted by Gasteiger charge is 2.45. The molecule has 42 heavy (non-hydrogen) atoms. The van der Waals surface area contributed by atoms with Gasteiger partial charge in [-0.1, -0.05) is 46.0 Å². The molecule has 8 nitrogen and oxygen atoms in total. The Balaban J connectivity index is 1.20. The van der Waals surface area contributed by atoms with Crippen LogP contribution in [0.3, 0.4) is 0 Å². The number of anilines is 1. The van der Waals surface area contributed by atoms with E-state index in [2.05, 4.69) is 10.1 Å². The van der Waals surface area contributed by atoms with Gasteiger partial charge in [-0.05, 0) is 50.1 Å². The Morgan fingerprint density at radius 3 is 2.43 bits per heavy atom. The maximum Gasteiger partial charge on any atom is 0.337 e. The second kappa shape index (κ2) is 10.7. The number of aromatic nitrogens is 2. The van der Waals surface area contributed by atoms with Gasteiger partial charge in [0.1, 0.15) is 35.2 Å². The van der Waals surface area contributed by atoms with Crippen molar-refractivity contribution in [2.45, 2.75) is 37.9 Å². The first-order valence-electron chi connectivity index (χ1n) is 12.9. The topological polar surface area (TPSA) is 109 Å². The number of β-amino-alcohol motifs (C(OH)–C–C–N with tert-alkyl or cyclic N) is 1. The average molecular weight is 637 g/mol. The number of aliphatic hydroxyl groups is 1. The van der Waals surface area contributed by atoms with E-state index in [0.717, 1.165) is 31.0 Å². The van der Waals surface area contributed by atoms with Crippen LogP contribution in [0.25, 0.3) is 11.3 Å². The van der Waals surface area contributed by atoms with Gasteiger partial charge in [0.15, 0.2) is 11.6 Å². The van der Waals surface area contributed by atoms with Crippen LogP contribution in [0.5, 0.6) is 5.75 Å². The van der Waals surface area contributed by atoms with Gasteiger partial charge in [0.05, 0.1) is 45.0 Å². The summed E-state index contributed by atoms with van der Waals surface area (Å²) in [7, 11) is 0. The number of hydrogen-bond donors (Lipinski definition) is 2. The predicted molar refractivity (Wildman–Crippen MR) is 152 cm³/mol. The molecule has 6 rings (SSSR count). The molecule has 2 N–H and O–H groups in total. The van der Waals surface area contributed by atoms with Gasteiger partial charge in [-0.25, -0.2) is 18.6 Å². The minimum Gasteiger partial charge on any atom is -0.489 e. The lowest BCUT2D eigenvalue weighted by atomic mass is 9.86. The van der Waals surface area contributed by atoms with Crippen LogP contribution in [0.2, 0.25) is 15.1 Å². The number of hydrogen-bond acceptors (Lipinski definition) is 7. The van der Waals surface area contributed by atoms with Gasteiger partial charge in [0.25, 0.3) is 0 Å². The minimum absolute atomic E-state index is 0.00329. The number of halogens is 5. The number of ether oxygens (including phenoxy) is 1. The largest absolute Gasteiger partial charge is 0.489 e. The van der Waals surface area contributed by atoms with Crippen LogP contribution in [-0.4, -0.2) is 39.4 Å². The Morgan fingerprint density at radius 2 is 1.81 bits per heavy atom. The second-order valence-corrected chi connectivity index (χ2v) is 11.7. The average Bonchev–Trinajstić information content (AvgIpc) is 3.66. The van der Waals surface area contributed by atoms with E-state index in [1.54, 1.807) is 18.2 Å². The van der Waals surface area contributed by atoms with E-state index >= 15 is 0 Å². The van der Waals surface area contributed by atoms with Crippen LogP contribution in [-0.2, 0) is 12.2 Å². The summed E-state index contributed by atoms with van der Waals surface area (Å²) in [5, 5.41) is 25.0. The Bertz CT molecular complexity index is 1710. The molecule has 1 saturated carbocycles. The van der Waals surface area contributed by atoms with Crippen molar-refractivity contribution < 1.29 is 33.0 Å². The molecule has 1 aliphatic carbocycles. The summed E-state index contributed by atoms with van der Waals surface area (Å²) in [5.74, 6) is -1.44. The van der Waals surface area contributed by atoms with Crippen LogP contribution in [0.4, 0.5) is 14.6 Å². The van der Waals surface area contributed by atoms with Gasteiger partial charge in [-0.2, -0.15) is 0 Å². The number of nitrogens with zero attached hydrogens (tertiary/aromatic N) is 3. The number of aromatic carboxylic acids is 1. The highest BCUT2D eigenvalue weighted by atomic mass is 35.5. The van der Waals surface area contributed by atoms with E-state index < -0.39 is 23.2 Å². The molecular formula is C29H22Cl3F2N3O5. The van der Waals surface area contributed by atoms with Crippen molar-refractivity contribution in [1.82, 2.24) is 10.1 Å². The Morgan fingerprint density at radius 1 is 1.12 bits per heavy atom. The molecule has 2 aromatic carbocycles. The molecule has 2 fully saturated rings. The predicted octanol–water partition coefficient (Wildman–Crippen LogP) is 7.15. The lowest BCUT2D eigenvalue weighted by Gasteiger charge is -2.47. The molecule has 1 saturated heterocycles. The van der Waals surface area contributed by atoms with Crippen molar-refractivity contribution >= 4 is 46.6 Å². The van der Waals surface area contributed by atoms with Crippen LogP contribution in [0.1, 0.15) is 51.7 Å². The number of aryl methyl sites for hydroxylation is 1. The zero-order chi connectivity index (χ0) is 29.9. The number of carbonyl (C=O) groups is 1. The van der Waals surface area contributed by atoms with Crippen LogP contribution < -0.4 is 9.64 Å². The number of carboxylic acids is 1. The normalized spacial score (nSPS) is 15.9. The van der Waals surface area contributed by atoms with Gasteiger partial charge in [-0.15, -0.1) is 0 Å². The van der Waals surface area contributed by atoms with Crippen LogP contribution >= 0.6 is 34.8 Å². The molecule has 2 aromatic heterocycles. The third kappa shape index (κ3) is 5.17. The van der Waals surface area contributed by atoms with E-state index in [1.807, 2.05) is 0 Å². The van der Waals surface area contributed by atoms with Gasteiger partial charge in [-0.3, -0.25) is 0 Å². The van der Waals surface area contributed by atoms with Crippen LogP contribution in [0, 0.1) is 18.6 Å². The smallest absolute Gasteiger partial charge is 0.337 e. The monoisotopic (exact) mass is 635 g/mol. The van der Waals surface area contributed by atoms with E-state index in [-0.39, 0.29) is 57.8 Å². The van der Waals surface area contributed by atoms with E-state index in [4.69, 9.17) is 44.1 Å².